The summed E-state index contributed by atoms with van der Waals surface area (Å²) < 4.78 is 0. The van der Waals surface area contributed by atoms with Crippen molar-refractivity contribution < 1.29 is 9.59 Å². The van der Waals surface area contributed by atoms with E-state index < -0.39 is 0 Å². The maximum Gasteiger partial charge on any atom is 0.278 e. The molecule has 0 aromatic heterocycles. The Labute approximate surface area is 158 Å². The molecule has 0 unspecified atom stereocenters. The normalized spacial score (nSPS) is 14.4. The predicted molar refractivity (Wildman–Crippen MR) is 105 cm³/mol. The zero-order valence-corrected chi connectivity index (χ0v) is 16.1. The molecule has 2 amide bonds. The summed E-state index contributed by atoms with van der Waals surface area (Å²) in [6, 6.07) is 11.3. The summed E-state index contributed by atoms with van der Waals surface area (Å²) in [5.41, 5.74) is 5.24. The lowest BCUT2D eigenvalue weighted by molar-refractivity contribution is -0.136. The number of hydrogen-bond donors (Lipinski definition) is 1. The van der Waals surface area contributed by atoms with Crippen LogP contribution in [0.4, 0.5) is 5.69 Å². The van der Waals surface area contributed by atoms with Gasteiger partial charge in [-0.05, 0) is 62.6 Å². The van der Waals surface area contributed by atoms with Crippen molar-refractivity contribution in [2.24, 2.45) is 0 Å². The van der Waals surface area contributed by atoms with Crippen molar-refractivity contribution in [1.29, 1.82) is 0 Å². The summed E-state index contributed by atoms with van der Waals surface area (Å²) in [6.45, 7) is 7.99. The lowest BCUT2D eigenvalue weighted by atomic mass is 9.97. The number of nitrogens with one attached hydrogen (secondary N) is 1. The first kappa shape index (κ1) is 18.2. The molecule has 0 aliphatic carbocycles. The highest BCUT2D eigenvalue weighted by molar-refractivity contribution is 6.36. The van der Waals surface area contributed by atoms with Crippen molar-refractivity contribution in [3.8, 4) is 0 Å². The Morgan fingerprint density at radius 3 is 2.31 bits per heavy atom. The monoisotopic (exact) mass is 368 g/mol. The van der Waals surface area contributed by atoms with Gasteiger partial charge in [0.25, 0.3) is 11.8 Å². The van der Waals surface area contributed by atoms with Crippen LogP contribution in [0.25, 0.3) is 5.57 Å². The highest BCUT2D eigenvalue weighted by Gasteiger charge is 2.38. The smallest absolute Gasteiger partial charge is 0.278 e. The molecular formula is C21H21ClN2O2. The van der Waals surface area contributed by atoms with E-state index in [-0.39, 0.29) is 11.8 Å². The van der Waals surface area contributed by atoms with Crippen molar-refractivity contribution in [2.75, 3.05) is 11.9 Å². The van der Waals surface area contributed by atoms with E-state index in [0.29, 0.717) is 22.8 Å². The summed E-state index contributed by atoms with van der Waals surface area (Å²) in [5.74, 6) is -0.569. The molecule has 1 aliphatic heterocycles. The number of benzene rings is 2. The van der Waals surface area contributed by atoms with Crippen LogP contribution >= 0.6 is 11.6 Å². The van der Waals surface area contributed by atoms with Gasteiger partial charge in [0.15, 0.2) is 0 Å². The molecule has 1 heterocycles. The van der Waals surface area contributed by atoms with Crippen LogP contribution in [0, 0.1) is 20.8 Å². The van der Waals surface area contributed by atoms with E-state index in [1.807, 2.05) is 51.1 Å². The molecule has 0 spiro atoms. The van der Waals surface area contributed by atoms with Crippen molar-refractivity contribution in [1.82, 2.24) is 4.90 Å². The van der Waals surface area contributed by atoms with Crippen LogP contribution in [-0.2, 0) is 9.59 Å². The molecule has 1 N–H and O–H groups in total. The number of halogens is 1. The van der Waals surface area contributed by atoms with E-state index >= 15 is 0 Å². The summed E-state index contributed by atoms with van der Waals surface area (Å²) >= 11 is 6.02. The molecule has 0 radical (unpaired) electrons. The Morgan fingerprint density at radius 2 is 1.69 bits per heavy atom. The van der Waals surface area contributed by atoms with Gasteiger partial charge in [-0.25, -0.2) is 0 Å². The maximum atomic E-state index is 12.9. The van der Waals surface area contributed by atoms with Crippen LogP contribution in [-0.4, -0.2) is 23.3 Å². The van der Waals surface area contributed by atoms with Gasteiger partial charge in [0.05, 0.1) is 5.57 Å². The van der Waals surface area contributed by atoms with Gasteiger partial charge in [-0.1, -0.05) is 35.4 Å². The van der Waals surface area contributed by atoms with Crippen molar-refractivity contribution in [3.63, 3.8) is 0 Å². The molecule has 5 heteroatoms. The minimum atomic E-state index is -0.304. The van der Waals surface area contributed by atoms with E-state index in [1.54, 1.807) is 13.0 Å². The molecule has 2 aromatic carbocycles. The average molecular weight is 369 g/mol. The van der Waals surface area contributed by atoms with Crippen LogP contribution in [0.1, 0.15) is 29.2 Å². The molecule has 134 valence electrons. The Kier molecular flexibility index (Phi) is 4.88. The fourth-order valence-electron chi connectivity index (χ4n) is 3.23. The van der Waals surface area contributed by atoms with Crippen LogP contribution in [0.5, 0.6) is 0 Å². The fraction of sp³-hybridized carbons (Fsp3) is 0.238. The van der Waals surface area contributed by atoms with E-state index in [1.165, 1.54) is 4.90 Å². The van der Waals surface area contributed by atoms with Gasteiger partial charge in [0.1, 0.15) is 5.70 Å². The van der Waals surface area contributed by atoms with E-state index in [4.69, 9.17) is 11.6 Å². The quantitative estimate of drug-likeness (QED) is 0.809. The number of anilines is 1. The second-order valence-corrected chi connectivity index (χ2v) is 6.94. The maximum absolute atomic E-state index is 12.9. The number of aryl methyl sites for hydroxylation is 3. The van der Waals surface area contributed by atoms with E-state index in [2.05, 4.69) is 5.32 Å². The number of amides is 2. The lowest BCUT2D eigenvalue weighted by Gasteiger charge is -2.13. The SMILES string of the molecule is CCN1C(=O)C(Nc2ccc(Cl)cc2C)=C(c2ccc(C)cc2C)C1=O. The summed E-state index contributed by atoms with van der Waals surface area (Å²) in [4.78, 5) is 27.0. The zero-order chi connectivity index (χ0) is 19.0. The molecule has 3 rings (SSSR count). The first-order valence-corrected chi connectivity index (χ1v) is 8.92. The Hall–Kier alpha value is -2.59. The molecule has 2 aromatic rings. The number of imide groups is 1. The van der Waals surface area contributed by atoms with Crippen molar-refractivity contribution in [3.05, 3.63) is 69.4 Å². The number of nitrogens with zero attached hydrogens (tertiary/aromatic N) is 1. The van der Waals surface area contributed by atoms with Crippen molar-refractivity contribution in [2.45, 2.75) is 27.7 Å². The van der Waals surface area contributed by atoms with Crippen molar-refractivity contribution >= 4 is 34.7 Å². The third-order valence-electron chi connectivity index (χ3n) is 4.58. The predicted octanol–water partition coefficient (Wildman–Crippen LogP) is 4.48. The van der Waals surface area contributed by atoms with Gasteiger partial charge in [0.2, 0.25) is 0 Å². The lowest BCUT2D eigenvalue weighted by Crippen LogP contribution is -2.32. The summed E-state index contributed by atoms with van der Waals surface area (Å²) in [7, 11) is 0. The fourth-order valence-corrected chi connectivity index (χ4v) is 3.45. The van der Waals surface area contributed by atoms with Crippen LogP contribution < -0.4 is 5.32 Å². The van der Waals surface area contributed by atoms with Gasteiger partial charge in [0, 0.05) is 17.3 Å². The first-order chi connectivity index (χ1) is 12.3. The number of carbonyl (C=O) groups excluding carboxylic acids is 2. The van der Waals surface area contributed by atoms with Crippen LogP contribution in [0.15, 0.2) is 42.1 Å². The first-order valence-electron chi connectivity index (χ1n) is 8.54. The van der Waals surface area contributed by atoms with Crippen LogP contribution in [0.3, 0.4) is 0 Å². The number of likely N-dealkylation sites (N-methyl/N-ethyl adjacent to an activating group) is 1. The summed E-state index contributed by atoms with van der Waals surface area (Å²) in [6.07, 6.45) is 0. The Morgan fingerprint density at radius 1 is 0.962 bits per heavy atom. The number of hydrogen-bond acceptors (Lipinski definition) is 3. The molecule has 0 saturated heterocycles. The Bertz CT molecular complexity index is 947. The van der Waals surface area contributed by atoms with Gasteiger partial charge < -0.3 is 5.32 Å². The topological polar surface area (TPSA) is 49.4 Å². The minimum Gasteiger partial charge on any atom is -0.350 e. The number of carbonyl (C=O) groups is 2. The molecule has 0 fully saturated rings. The highest BCUT2D eigenvalue weighted by atomic mass is 35.5. The molecule has 0 saturated carbocycles. The van der Waals surface area contributed by atoms with Gasteiger partial charge in [-0.2, -0.15) is 0 Å². The van der Waals surface area contributed by atoms with Crippen LogP contribution in [0.2, 0.25) is 5.02 Å². The molecule has 0 atom stereocenters. The summed E-state index contributed by atoms with van der Waals surface area (Å²) in [5, 5.41) is 3.81. The number of rotatable bonds is 4. The van der Waals surface area contributed by atoms with E-state index in [9.17, 15) is 9.59 Å². The largest absolute Gasteiger partial charge is 0.350 e. The molecule has 26 heavy (non-hydrogen) atoms. The third kappa shape index (κ3) is 3.13. The molecule has 4 nitrogen and oxygen atoms in total. The van der Waals surface area contributed by atoms with Gasteiger partial charge >= 0.3 is 0 Å². The zero-order valence-electron chi connectivity index (χ0n) is 15.3. The Balaban J connectivity index is 2.15. The standard InChI is InChI=1S/C21H21ClN2O2/c1-5-24-20(25)18(16-8-6-12(2)10-13(16)3)19(21(24)26)23-17-9-7-15(22)11-14(17)4/h6-11,23H,5H2,1-4H3. The van der Waals surface area contributed by atoms with Gasteiger partial charge in [-0.15, -0.1) is 0 Å². The highest BCUT2D eigenvalue weighted by Crippen LogP contribution is 2.33. The van der Waals surface area contributed by atoms with E-state index in [0.717, 1.165) is 27.9 Å². The second-order valence-electron chi connectivity index (χ2n) is 6.51. The minimum absolute atomic E-state index is 0.265. The van der Waals surface area contributed by atoms with Gasteiger partial charge in [-0.3, -0.25) is 14.5 Å². The second kappa shape index (κ2) is 6.96. The molecule has 0 bridgehead atoms. The molecule has 1 aliphatic rings. The third-order valence-corrected chi connectivity index (χ3v) is 4.82. The molecular weight excluding hydrogens is 348 g/mol. The average Bonchev–Trinajstić information content (AvgIpc) is 2.80.